The second-order valence-electron chi connectivity index (χ2n) is 6.99. The normalized spacial score (nSPS) is 27.9. The van der Waals surface area contributed by atoms with E-state index in [0.29, 0.717) is 19.1 Å². The van der Waals surface area contributed by atoms with Gasteiger partial charge in [-0.2, -0.15) is 4.31 Å². The van der Waals surface area contributed by atoms with Crippen molar-refractivity contribution < 1.29 is 17.7 Å². The summed E-state index contributed by atoms with van der Waals surface area (Å²) in [6.45, 7) is 5.90. The number of hydrogen-bond acceptors (Lipinski definition) is 2. The van der Waals surface area contributed by atoms with Crippen LogP contribution in [0.3, 0.4) is 0 Å². The lowest BCUT2D eigenvalue weighted by molar-refractivity contribution is -0.934. The Hall–Kier alpha value is -0.980. The molecule has 2 saturated heterocycles. The van der Waals surface area contributed by atoms with Crippen LogP contribution in [0.2, 0.25) is 0 Å². The van der Waals surface area contributed by atoms with Crippen LogP contribution in [0.5, 0.6) is 0 Å². The zero-order valence-electron chi connectivity index (χ0n) is 13.7. The van der Waals surface area contributed by atoms with Crippen LogP contribution in [0.4, 0.5) is 4.39 Å². The topological polar surface area (TPSA) is 41.8 Å². The van der Waals surface area contributed by atoms with E-state index in [1.807, 2.05) is 0 Å². The van der Waals surface area contributed by atoms with Crippen molar-refractivity contribution in [1.29, 1.82) is 0 Å². The van der Waals surface area contributed by atoms with Gasteiger partial charge in [0.15, 0.2) is 0 Å². The van der Waals surface area contributed by atoms with Crippen molar-refractivity contribution in [2.45, 2.75) is 43.5 Å². The summed E-state index contributed by atoms with van der Waals surface area (Å²) in [4.78, 5) is 1.85. The van der Waals surface area contributed by atoms with Crippen molar-refractivity contribution in [3.05, 3.63) is 30.1 Å². The van der Waals surface area contributed by atoms with E-state index >= 15 is 0 Å². The molecule has 0 aliphatic carbocycles. The number of likely N-dealkylation sites (tertiary alicyclic amines) is 1. The molecule has 2 fully saturated rings. The minimum Gasteiger partial charge on any atom is -0.332 e. The van der Waals surface area contributed by atoms with E-state index in [1.54, 1.807) is 9.21 Å². The maximum atomic E-state index is 13.0. The van der Waals surface area contributed by atoms with Gasteiger partial charge in [-0.3, -0.25) is 0 Å². The fourth-order valence-electron chi connectivity index (χ4n) is 3.96. The smallest absolute Gasteiger partial charge is 0.243 e. The Labute approximate surface area is 138 Å². The molecule has 0 spiro atoms. The fourth-order valence-corrected chi connectivity index (χ4v) is 5.43. The van der Waals surface area contributed by atoms with Gasteiger partial charge in [-0.1, -0.05) is 6.92 Å². The number of halogens is 1. The maximum Gasteiger partial charge on any atom is 0.243 e. The lowest BCUT2D eigenvalue weighted by Crippen LogP contribution is -3.17. The van der Waals surface area contributed by atoms with E-state index in [2.05, 4.69) is 6.92 Å². The molecule has 0 aromatic heterocycles. The number of quaternary nitrogens is 1. The number of hydrogen-bond donors (Lipinski definition) is 1. The van der Waals surface area contributed by atoms with Gasteiger partial charge in [0.05, 0.1) is 24.0 Å². The van der Waals surface area contributed by atoms with E-state index in [-0.39, 0.29) is 4.90 Å². The lowest BCUT2D eigenvalue weighted by atomic mass is 9.96. The quantitative estimate of drug-likeness (QED) is 0.900. The van der Waals surface area contributed by atoms with E-state index in [9.17, 15) is 12.8 Å². The molecule has 4 nitrogen and oxygen atoms in total. The first kappa shape index (κ1) is 16.9. The predicted molar refractivity (Wildman–Crippen MR) is 87.3 cm³/mol. The Morgan fingerprint density at radius 1 is 1.13 bits per heavy atom. The Morgan fingerprint density at radius 3 is 2.39 bits per heavy atom. The molecule has 1 aromatic carbocycles. The van der Waals surface area contributed by atoms with Crippen LogP contribution in [0, 0.1) is 11.7 Å². The third-order valence-electron chi connectivity index (χ3n) is 5.29. The number of rotatable bonds is 3. The van der Waals surface area contributed by atoms with Crippen molar-refractivity contribution in [3.8, 4) is 0 Å². The Kier molecular flexibility index (Phi) is 5.04. The molecule has 0 saturated carbocycles. The van der Waals surface area contributed by atoms with Gasteiger partial charge in [0.25, 0.3) is 0 Å². The number of sulfonamides is 1. The standard InChI is InChI=1S/C17H25FN2O2S/c1-14-3-2-10-19(13-14)16-8-11-20(12-9-16)23(21,22)17-6-4-15(18)5-7-17/h4-7,14,16H,2-3,8-13H2,1H3/p+1/t14-/m1/s1. The van der Waals surface area contributed by atoms with Crippen LogP contribution in [-0.2, 0) is 10.0 Å². The molecule has 6 heteroatoms. The van der Waals surface area contributed by atoms with Crippen molar-refractivity contribution in [3.63, 3.8) is 0 Å². The van der Waals surface area contributed by atoms with Crippen LogP contribution in [0.15, 0.2) is 29.2 Å². The summed E-state index contributed by atoms with van der Waals surface area (Å²) in [5.74, 6) is 0.366. The van der Waals surface area contributed by atoms with E-state index in [4.69, 9.17) is 0 Å². The average molecular weight is 341 g/mol. The zero-order chi connectivity index (χ0) is 16.4. The molecule has 0 radical (unpaired) electrons. The van der Waals surface area contributed by atoms with Gasteiger partial charge >= 0.3 is 0 Å². The highest BCUT2D eigenvalue weighted by Gasteiger charge is 2.35. The third kappa shape index (κ3) is 3.75. The van der Waals surface area contributed by atoms with Gasteiger partial charge in [-0.15, -0.1) is 0 Å². The van der Waals surface area contributed by atoms with Crippen molar-refractivity contribution in [2.24, 2.45) is 5.92 Å². The first-order valence-electron chi connectivity index (χ1n) is 8.57. The molecular weight excluding hydrogens is 315 g/mol. The van der Waals surface area contributed by atoms with E-state index < -0.39 is 15.8 Å². The number of benzene rings is 1. The molecule has 2 aliphatic rings. The Morgan fingerprint density at radius 2 is 1.78 bits per heavy atom. The van der Waals surface area contributed by atoms with Gasteiger partial charge in [-0.25, -0.2) is 12.8 Å². The molecular formula is C17H26FN2O2S+. The third-order valence-corrected chi connectivity index (χ3v) is 7.20. The summed E-state index contributed by atoms with van der Waals surface area (Å²) < 4.78 is 39.8. The van der Waals surface area contributed by atoms with Gasteiger partial charge in [0.2, 0.25) is 10.0 Å². The van der Waals surface area contributed by atoms with Crippen LogP contribution in [-0.4, -0.2) is 44.9 Å². The molecule has 3 rings (SSSR count). The molecule has 1 aromatic rings. The lowest BCUT2D eigenvalue weighted by Gasteiger charge is -2.38. The molecule has 128 valence electrons. The molecule has 23 heavy (non-hydrogen) atoms. The SMILES string of the molecule is C[C@@H]1CCC[NH+](C2CCN(S(=O)(=O)c3ccc(F)cc3)CC2)C1. The fraction of sp³-hybridized carbons (Fsp3) is 0.647. The van der Waals surface area contributed by atoms with E-state index in [0.717, 1.165) is 18.8 Å². The summed E-state index contributed by atoms with van der Waals surface area (Å²) >= 11 is 0. The molecule has 1 unspecified atom stereocenters. The first-order valence-corrected chi connectivity index (χ1v) is 10.0. The zero-order valence-corrected chi connectivity index (χ0v) is 14.5. The minimum atomic E-state index is -3.49. The Bertz CT molecular complexity index is 624. The average Bonchev–Trinajstić information content (AvgIpc) is 2.55. The minimum absolute atomic E-state index is 0.191. The number of piperidine rings is 2. The van der Waals surface area contributed by atoms with Crippen molar-refractivity contribution >= 4 is 10.0 Å². The Balaban J connectivity index is 1.63. The molecule has 0 bridgehead atoms. The van der Waals surface area contributed by atoms with Crippen LogP contribution >= 0.6 is 0 Å². The molecule has 2 atom stereocenters. The summed E-state index contributed by atoms with van der Waals surface area (Å²) in [5.41, 5.74) is 0. The maximum absolute atomic E-state index is 13.0. The van der Waals surface area contributed by atoms with Gasteiger partial charge < -0.3 is 4.90 Å². The summed E-state index contributed by atoms with van der Waals surface area (Å²) in [7, 11) is -3.49. The molecule has 2 aliphatic heterocycles. The van der Waals surface area contributed by atoms with Crippen molar-refractivity contribution in [2.75, 3.05) is 26.2 Å². The van der Waals surface area contributed by atoms with Gasteiger partial charge in [0.1, 0.15) is 5.82 Å². The van der Waals surface area contributed by atoms with Gasteiger partial charge in [-0.05, 0) is 37.1 Å². The monoisotopic (exact) mass is 341 g/mol. The molecule has 1 N–H and O–H groups in total. The highest BCUT2D eigenvalue weighted by atomic mass is 32.2. The van der Waals surface area contributed by atoms with Crippen molar-refractivity contribution in [1.82, 2.24) is 4.31 Å². The highest BCUT2D eigenvalue weighted by Crippen LogP contribution is 2.21. The summed E-state index contributed by atoms with van der Waals surface area (Å²) in [6.07, 6.45) is 4.44. The molecule has 2 heterocycles. The predicted octanol–water partition coefficient (Wildman–Crippen LogP) is 1.29. The second kappa shape index (κ2) is 6.87. The van der Waals surface area contributed by atoms with E-state index in [1.165, 1.54) is 50.2 Å². The number of nitrogens with one attached hydrogen (secondary N) is 1. The van der Waals surface area contributed by atoms with Crippen LogP contribution in [0.25, 0.3) is 0 Å². The van der Waals surface area contributed by atoms with Crippen LogP contribution in [0.1, 0.15) is 32.6 Å². The summed E-state index contributed by atoms with van der Waals surface area (Å²) in [5, 5.41) is 0. The first-order chi connectivity index (χ1) is 11.0. The van der Waals surface area contributed by atoms with Crippen LogP contribution < -0.4 is 4.90 Å². The summed E-state index contributed by atoms with van der Waals surface area (Å²) in [6, 6.07) is 5.71. The molecule has 0 amide bonds. The second-order valence-corrected chi connectivity index (χ2v) is 8.93. The highest BCUT2D eigenvalue weighted by molar-refractivity contribution is 7.89. The van der Waals surface area contributed by atoms with Gasteiger partial charge in [0, 0.05) is 31.8 Å². The number of nitrogens with zero attached hydrogens (tertiary/aromatic N) is 1. The largest absolute Gasteiger partial charge is 0.332 e.